The zero-order valence-electron chi connectivity index (χ0n) is 13.5. The number of carboxylic acids is 1. The van der Waals surface area contributed by atoms with Crippen LogP contribution in [0.25, 0.3) is 10.2 Å². The minimum atomic E-state index is -4.64. The Balaban J connectivity index is 2.21. The fraction of sp³-hybridized carbons (Fsp3) is 0.438. The van der Waals surface area contributed by atoms with Crippen molar-refractivity contribution in [3.63, 3.8) is 0 Å². The molecular formula is C16H15F3N3O3S-. The highest BCUT2D eigenvalue weighted by Crippen LogP contribution is 2.45. The number of nitrogens with one attached hydrogen (secondary N) is 1. The molecule has 0 radical (unpaired) electrons. The number of anilines is 1. The van der Waals surface area contributed by atoms with Gasteiger partial charge in [-0.1, -0.05) is 6.42 Å². The van der Waals surface area contributed by atoms with Crippen molar-refractivity contribution in [2.75, 3.05) is 12.3 Å². The fourth-order valence-electron chi connectivity index (χ4n) is 3.20. The average Bonchev–Trinajstić information content (AvgIpc) is 2.72. The molecule has 0 unspecified atom stereocenters. The number of aromatic nitrogens is 1. The van der Waals surface area contributed by atoms with Crippen LogP contribution in [0.1, 0.15) is 45.8 Å². The Morgan fingerprint density at radius 3 is 2.58 bits per heavy atom. The second-order valence-corrected chi connectivity index (χ2v) is 7.05. The summed E-state index contributed by atoms with van der Waals surface area (Å²) in [6.07, 6.45) is -1.72. The van der Waals surface area contributed by atoms with Crippen molar-refractivity contribution in [2.45, 2.75) is 38.3 Å². The molecule has 2 heterocycles. The first-order valence-electron chi connectivity index (χ1n) is 7.99. The molecule has 0 fully saturated rings. The predicted octanol–water partition coefficient (Wildman–Crippen LogP) is 1.65. The molecule has 1 aliphatic carbocycles. The molecule has 0 spiro atoms. The third kappa shape index (κ3) is 3.33. The van der Waals surface area contributed by atoms with Crippen LogP contribution in [0.4, 0.5) is 18.9 Å². The number of pyridine rings is 1. The van der Waals surface area contributed by atoms with Crippen molar-refractivity contribution >= 4 is 39.1 Å². The number of carbonyl (C=O) groups is 2. The standard InChI is InChI=1S/C16H16F3N3O3S/c17-16(18,19)11-7-4-2-1-3-5-8(7)22-15-10(11)12(20)13(26-15)14(25)21-6-9(23)24/h1-6,20H2,(H,21,25)(H,23,24)/p-1. The van der Waals surface area contributed by atoms with Gasteiger partial charge in [-0.2, -0.15) is 13.2 Å². The second-order valence-electron chi connectivity index (χ2n) is 6.05. The lowest BCUT2D eigenvalue weighted by molar-refractivity contribution is -0.303. The molecule has 6 nitrogen and oxygen atoms in total. The van der Waals surface area contributed by atoms with Gasteiger partial charge in [0.2, 0.25) is 0 Å². The number of aliphatic carboxylic acids is 1. The van der Waals surface area contributed by atoms with Gasteiger partial charge in [0.1, 0.15) is 9.71 Å². The van der Waals surface area contributed by atoms with Crippen LogP contribution < -0.4 is 16.2 Å². The van der Waals surface area contributed by atoms with Crippen molar-refractivity contribution in [3.8, 4) is 0 Å². The number of alkyl halides is 3. The number of thiophene rings is 1. The Hall–Kier alpha value is -2.36. The number of hydrogen-bond acceptors (Lipinski definition) is 6. The molecule has 0 saturated carbocycles. The molecule has 26 heavy (non-hydrogen) atoms. The van der Waals surface area contributed by atoms with Crippen LogP contribution in [0.3, 0.4) is 0 Å². The molecular weight excluding hydrogens is 371 g/mol. The molecule has 0 saturated heterocycles. The number of fused-ring (bicyclic) bond motifs is 2. The van der Waals surface area contributed by atoms with Crippen LogP contribution in [-0.4, -0.2) is 23.4 Å². The summed E-state index contributed by atoms with van der Waals surface area (Å²) in [5.74, 6) is -2.38. The van der Waals surface area contributed by atoms with E-state index in [0.717, 1.165) is 24.2 Å². The van der Waals surface area contributed by atoms with Crippen LogP contribution in [0.5, 0.6) is 0 Å². The first-order chi connectivity index (χ1) is 12.2. The van der Waals surface area contributed by atoms with Gasteiger partial charge >= 0.3 is 6.18 Å². The minimum absolute atomic E-state index is 0.0362. The van der Waals surface area contributed by atoms with Crippen LogP contribution in [0.2, 0.25) is 0 Å². The highest BCUT2D eigenvalue weighted by Gasteiger charge is 2.39. The SMILES string of the molecule is Nc1c(C(=O)NCC(=O)[O-])sc2nc3c(c(C(F)(F)F)c12)CCCCC3. The van der Waals surface area contributed by atoms with Gasteiger partial charge in [-0.15, -0.1) is 11.3 Å². The lowest BCUT2D eigenvalue weighted by Gasteiger charge is -2.16. The van der Waals surface area contributed by atoms with Gasteiger partial charge in [0, 0.05) is 11.1 Å². The zero-order chi connectivity index (χ0) is 19.1. The molecule has 140 valence electrons. The Morgan fingerprint density at radius 2 is 1.92 bits per heavy atom. The summed E-state index contributed by atoms with van der Waals surface area (Å²) in [4.78, 5) is 26.8. The summed E-state index contributed by atoms with van der Waals surface area (Å²) in [7, 11) is 0. The molecule has 0 atom stereocenters. The fourth-order valence-corrected chi connectivity index (χ4v) is 4.24. The van der Waals surface area contributed by atoms with Gasteiger partial charge in [-0.05, 0) is 31.2 Å². The highest BCUT2D eigenvalue weighted by atomic mass is 32.1. The zero-order valence-corrected chi connectivity index (χ0v) is 14.4. The molecule has 2 aromatic rings. The maximum atomic E-state index is 13.8. The molecule has 0 bridgehead atoms. The van der Waals surface area contributed by atoms with Gasteiger partial charge in [-0.3, -0.25) is 4.79 Å². The van der Waals surface area contributed by atoms with Crippen LogP contribution in [0, 0.1) is 0 Å². The number of hydrogen-bond donors (Lipinski definition) is 2. The lowest BCUT2D eigenvalue weighted by Crippen LogP contribution is -2.37. The number of nitrogens with zero attached hydrogens (tertiary/aromatic N) is 1. The monoisotopic (exact) mass is 386 g/mol. The van der Waals surface area contributed by atoms with E-state index in [1.807, 2.05) is 0 Å². The summed E-state index contributed by atoms with van der Waals surface area (Å²) in [6.45, 7) is -0.761. The molecule has 1 amide bonds. The molecule has 2 aromatic heterocycles. The van der Waals surface area contributed by atoms with Gasteiger partial charge in [0.05, 0.1) is 23.8 Å². The van der Waals surface area contributed by atoms with Gasteiger partial charge in [0.25, 0.3) is 5.91 Å². The molecule has 3 rings (SSSR count). The summed E-state index contributed by atoms with van der Waals surface area (Å²) < 4.78 is 41.5. The van der Waals surface area contributed by atoms with Crippen LogP contribution in [-0.2, 0) is 23.8 Å². The lowest BCUT2D eigenvalue weighted by atomic mass is 9.98. The topological polar surface area (TPSA) is 108 Å². The number of nitrogens with two attached hydrogens (primary N) is 1. The van der Waals surface area contributed by atoms with Crippen molar-refractivity contribution in [1.29, 1.82) is 0 Å². The van der Waals surface area contributed by atoms with Gasteiger partial charge in [-0.25, -0.2) is 4.98 Å². The van der Waals surface area contributed by atoms with E-state index < -0.39 is 30.2 Å². The predicted molar refractivity (Wildman–Crippen MR) is 87.6 cm³/mol. The van der Waals surface area contributed by atoms with Gasteiger partial charge < -0.3 is 21.0 Å². The number of aryl methyl sites for hydroxylation is 1. The van der Waals surface area contributed by atoms with Crippen molar-refractivity contribution in [1.82, 2.24) is 10.3 Å². The van der Waals surface area contributed by atoms with E-state index in [1.54, 1.807) is 0 Å². The third-order valence-corrected chi connectivity index (χ3v) is 5.38. The molecule has 0 aliphatic heterocycles. The summed E-state index contributed by atoms with van der Waals surface area (Å²) in [6, 6.07) is 0. The Kier molecular flexibility index (Phi) is 4.78. The van der Waals surface area contributed by atoms with Crippen LogP contribution in [0.15, 0.2) is 0 Å². The Bertz CT molecular complexity index is 892. The second kappa shape index (κ2) is 6.75. The smallest absolute Gasteiger partial charge is 0.417 e. The average molecular weight is 386 g/mol. The van der Waals surface area contributed by atoms with E-state index in [-0.39, 0.29) is 32.8 Å². The largest absolute Gasteiger partial charge is 0.548 e. The molecule has 3 N–H and O–H groups in total. The number of carboxylic acid groups (broad SMARTS) is 1. The van der Waals surface area contributed by atoms with Gasteiger partial charge in [0.15, 0.2) is 0 Å². The van der Waals surface area contributed by atoms with E-state index in [1.165, 1.54) is 0 Å². The molecule has 1 aliphatic rings. The normalized spacial score (nSPS) is 14.7. The quantitative estimate of drug-likeness (QED) is 0.780. The van der Waals surface area contributed by atoms with E-state index in [2.05, 4.69) is 10.3 Å². The van der Waals surface area contributed by atoms with Crippen molar-refractivity contribution in [2.24, 2.45) is 0 Å². The van der Waals surface area contributed by atoms with E-state index in [0.29, 0.717) is 18.5 Å². The summed E-state index contributed by atoms with van der Waals surface area (Å²) in [5.41, 5.74) is 5.25. The first-order valence-corrected chi connectivity index (χ1v) is 8.80. The van der Waals surface area contributed by atoms with E-state index in [4.69, 9.17) is 5.73 Å². The number of halogens is 3. The minimum Gasteiger partial charge on any atom is -0.548 e. The summed E-state index contributed by atoms with van der Waals surface area (Å²) in [5, 5.41) is 12.3. The number of nitrogen functional groups attached to an aromatic ring is 1. The third-order valence-electron chi connectivity index (χ3n) is 4.29. The first kappa shape index (κ1) is 18.4. The number of carbonyl (C=O) groups excluding carboxylic acids is 2. The Labute approximate surface area is 150 Å². The van der Waals surface area contributed by atoms with Crippen molar-refractivity contribution < 1.29 is 27.9 Å². The van der Waals surface area contributed by atoms with E-state index in [9.17, 15) is 27.9 Å². The number of amides is 1. The molecule has 10 heteroatoms. The van der Waals surface area contributed by atoms with E-state index >= 15 is 0 Å². The Morgan fingerprint density at radius 1 is 1.23 bits per heavy atom. The number of rotatable bonds is 3. The van der Waals surface area contributed by atoms with Crippen LogP contribution >= 0.6 is 11.3 Å². The highest BCUT2D eigenvalue weighted by molar-refractivity contribution is 7.21. The molecule has 0 aromatic carbocycles. The summed E-state index contributed by atoms with van der Waals surface area (Å²) >= 11 is 0.732. The maximum Gasteiger partial charge on any atom is 0.417 e. The maximum absolute atomic E-state index is 13.8. The van der Waals surface area contributed by atoms with Crippen molar-refractivity contribution in [3.05, 3.63) is 21.7 Å².